The van der Waals surface area contributed by atoms with Gasteiger partial charge >= 0.3 is 0 Å². The van der Waals surface area contributed by atoms with E-state index in [1.165, 1.54) is 12.5 Å². The fourth-order valence-electron chi connectivity index (χ4n) is 2.35. The number of amides is 1. The molecule has 0 aromatic heterocycles. The fourth-order valence-corrected chi connectivity index (χ4v) is 2.35. The maximum Gasteiger partial charge on any atom is 0.236 e. The van der Waals surface area contributed by atoms with Crippen LogP contribution in [0.3, 0.4) is 0 Å². The van der Waals surface area contributed by atoms with E-state index in [2.05, 4.69) is 36.5 Å². The Labute approximate surface area is 155 Å². The first-order valence-corrected chi connectivity index (χ1v) is 8.84. The van der Waals surface area contributed by atoms with Gasteiger partial charge in [-0.3, -0.25) is 4.79 Å². The summed E-state index contributed by atoms with van der Waals surface area (Å²) in [4.78, 5) is 10.9. The maximum atomic E-state index is 10.9. The molecule has 2 rings (SSSR count). The number of rotatable bonds is 9. The maximum absolute atomic E-state index is 10.9. The van der Waals surface area contributed by atoms with Crippen molar-refractivity contribution in [3.8, 4) is 11.5 Å². The van der Waals surface area contributed by atoms with E-state index < -0.39 is 0 Å². The lowest BCUT2D eigenvalue weighted by Gasteiger charge is -2.12. The summed E-state index contributed by atoms with van der Waals surface area (Å²) in [6, 6.07) is 15.7. The van der Waals surface area contributed by atoms with Gasteiger partial charge in [-0.2, -0.15) is 5.10 Å². The highest BCUT2D eigenvalue weighted by molar-refractivity contribution is 5.84. The molecule has 5 nitrogen and oxygen atoms in total. The van der Waals surface area contributed by atoms with Crippen molar-refractivity contribution in [3.05, 3.63) is 59.7 Å². The van der Waals surface area contributed by atoms with Crippen molar-refractivity contribution in [1.82, 2.24) is 5.43 Å². The molecule has 1 atom stereocenters. The third-order valence-corrected chi connectivity index (χ3v) is 4.02. The smallest absolute Gasteiger partial charge is 0.236 e. The molecule has 0 saturated heterocycles. The summed E-state index contributed by atoms with van der Waals surface area (Å²) in [5.41, 5.74) is 4.49. The number of carbonyl (C=O) groups is 1. The molecule has 0 radical (unpaired) electrons. The lowest BCUT2D eigenvalue weighted by Crippen LogP contribution is -2.13. The van der Waals surface area contributed by atoms with Crippen LogP contribution >= 0.6 is 0 Å². The molecule has 0 fully saturated rings. The van der Waals surface area contributed by atoms with Gasteiger partial charge in [-0.05, 0) is 42.2 Å². The van der Waals surface area contributed by atoms with Crippen molar-refractivity contribution in [2.24, 2.45) is 5.10 Å². The summed E-state index contributed by atoms with van der Waals surface area (Å²) in [7, 11) is 0. The molecule has 5 heteroatoms. The van der Waals surface area contributed by atoms with Gasteiger partial charge in [0.05, 0.1) is 6.21 Å². The first-order valence-electron chi connectivity index (χ1n) is 8.84. The van der Waals surface area contributed by atoms with Crippen molar-refractivity contribution < 1.29 is 14.3 Å². The first kappa shape index (κ1) is 19.5. The molecule has 1 amide bonds. The molecule has 0 aliphatic heterocycles. The third kappa shape index (κ3) is 6.24. The SMILES string of the molecule is CC[C@@H](C)c1ccc(OCCOc2ccccc2/C=N\NC(C)=O)cc1. The summed E-state index contributed by atoms with van der Waals surface area (Å²) < 4.78 is 11.5. The van der Waals surface area contributed by atoms with E-state index in [4.69, 9.17) is 9.47 Å². The Balaban J connectivity index is 1.83. The van der Waals surface area contributed by atoms with Crippen LogP contribution in [-0.4, -0.2) is 25.3 Å². The number of hydrogen-bond acceptors (Lipinski definition) is 4. The summed E-state index contributed by atoms with van der Waals surface area (Å²) in [6.07, 6.45) is 2.68. The minimum atomic E-state index is -0.215. The van der Waals surface area contributed by atoms with Gasteiger partial charge in [0.1, 0.15) is 24.7 Å². The Morgan fingerprint density at radius 3 is 2.50 bits per heavy atom. The molecule has 2 aromatic carbocycles. The molecule has 2 aromatic rings. The van der Waals surface area contributed by atoms with Crippen LogP contribution in [0.25, 0.3) is 0 Å². The third-order valence-electron chi connectivity index (χ3n) is 4.02. The highest BCUT2D eigenvalue weighted by atomic mass is 16.5. The van der Waals surface area contributed by atoms with Crippen LogP contribution in [0, 0.1) is 0 Å². The predicted octanol–water partition coefficient (Wildman–Crippen LogP) is 4.13. The molecule has 0 spiro atoms. The van der Waals surface area contributed by atoms with Gasteiger partial charge in [-0.15, -0.1) is 0 Å². The lowest BCUT2D eigenvalue weighted by molar-refractivity contribution is -0.118. The predicted molar refractivity (Wildman–Crippen MR) is 104 cm³/mol. The Morgan fingerprint density at radius 1 is 1.12 bits per heavy atom. The van der Waals surface area contributed by atoms with Crippen LogP contribution in [0.1, 0.15) is 44.2 Å². The second kappa shape index (κ2) is 10.2. The van der Waals surface area contributed by atoms with E-state index >= 15 is 0 Å². The molecule has 138 valence electrons. The van der Waals surface area contributed by atoms with Gasteiger partial charge in [-0.1, -0.05) is 38.1 Å². The molecule has 0 bridgehead atoms. The molecule has 0 heterocycles. The van der Waals surface area contributed by atoms with Gasteiger partial charge in [0.2, 0.25) is 5.91 Å². The number of nitrogens with one attached hydrogen (secondary N) is 1. The summed E-state index contributed by atoms with van der Waals surface area (Å²) in [5.74, 6) is 1.87. The van der Waals surface area contributed by atoms with E-state index in [1.54, 1.807) is 6.21 Å². The van der Waals surface area contributed by atoms with Crippen LogP contribution in [0.2, 0.25) is 0 Å². The van der Waals surface area contributed by atoms with Crippen LogP contribution in [0.5, 0.6) is 11.5 Å². The second-order valence-corrected chi connectivity index (χ2v) is 6.04. The molecule has 1 N–H and O–H groups in total. The van der Waals surface area contributed by atoms with E-state index in [1.807, 2.05) is 36.4 Å². The van der Waals surface area contributed by atoms with Crippen LogP contribution in [-0.2, 0) is 4.79 Å². The Kier molecular flexibility index (Phi) is 7.68. The Bertz CT molecular complexity index is 726. The number of ether oxygens (including phenoxy) is 2. The van der Waals surface area contributed by atoms with Gasteiger partial charge in [0, 0.05) is 12.5 Å². The van der Waals surface area contributed by atoms with Crippen LogP contribution < -0.4 is 14.9 Å². The normalized spacial score (nSPS) is 12.0. The zero-order chi connectivity index (χ0) is 18.8. The van der Waals surface area contributed by atoms with Crippen molar-refractivity contribution in [3.63, 3.8) is 0 Å². The van der Waals surface area contributed by atoms with Gasteiger partial charge in [0.25, 0.3) is 0 Å². The van der Waals surface area contributed by atoms with Crippen molar-refractivity contribution in [2.75, 3.05) is 13.2 Å². The number of benzene rings is 2. The van der Waals surface area contributed by atoms with Crippen molar-refractivity contribution in [1.29, 1.82) is 0 Å². The zero-order valence-electron chi connectivity index (χ0n) is 15.6. The lowest BCUT2D eigenvalue weighted by atomic mass is 9.99. The molecule has 0 unspecified atom stereocenters. The van der Waals surface area contributed by atoms with Gasteiger partial charge in [0.15, 0.2) is 0 Å². The standard InChI is InChI=1S/C21H26N2O3/c1-4-16(2)18-9-11-20(12-10-18)25-13-14-26-21-8-6-5-7-19(21)15-22-23-17(3)24/h5-12,15-16H,4,13-14H2,1-3H3,(H,23,24)/b22-15-/t16-/m1/s1. The number of para-hydroxylation sites is 1. The number of nitrogens with zero attached hydrogens (tertiary/aromatic N) is 1. The minimum absolute atomic E-state index is 0.215. The average molecular weight is 354 g/mol. The molecular formula is C21H26N2O3. The zero-order valence-corrected chi connectivity index (χ0v) is 15.6. The second-order valence-electron chi connectivity index (χ2n) is 6.04. The van der Waals surface area contributed by atoms with Gasteiger partial charge in [-0.25, -0.2) is 5.43 Å². The molecular weight excluding hydrogens is 328 g/mol. The fraction of sp³-hybridized carbons (Fsp3) is 0.333. The van der Waals surface area contributed by atoms with Crippen LogP contribution in [0.15, 0.2) is 53.6 Å². The Morgan fingerprint density at radius 2 is 1.81 bits per heavy atom. The minimum Gasteiger partial charge on any atom is -0.490 e. The highest BCUT2D eigenvalue weighted by Crippen LogP contribution is 2.21. The highest BCUT2D eigenvalue weighted by Gasteiger charge is 2.04. The van der Waals surface area contributed by atoms with Gasteiger partial charge < -0.3 is 9.47 Å². The molecule has 0 aliphatic carbocycles. The van der Waals surface area contributed by atoms with E-state index in [0.29, 0.717) is 24.9 Å². The summed E-state index contributed by atoms with van der Waals surface area (Å²) in [6.45, 7) is 6.67. The summed E-state index contributed by atoms with van der Waals surface area (Å²) >= 11 is 0. The van der Waals surface area contributed by atoms with E-state index in [9.17, 15) is 4.79 Å². The van der Waals surface area contributed by atoms with Crippen LogP contribution in [0.4, 0.5) is 0 Å². The molecule has 26 heavy (non-hydrogen) atoms. The van der Waals surface area contributed by atoms with Crippen molar-refractivity contribution in [2.45, 2.75) is 33.1 Å². The number of carbonyl (C=O) groups excluding carboxylic acids is 1. The van der Waals surface area contributed by atoms with E-state index in [0.717, 1.165) is 17.7 Å². The topological polar surface area (TPSA) is 59.9 Å². The number of hydrogen-bond donors (Lipinski definition) is 1. The summed E-state index contributed by atoms with van der Waals surface area (Å²) in [5, 5.41) is 3.87. The first-order chi connectivity index (χ1) is 12.6. The Hall–Kier alpha value is -2.82. The molecule has 0 aliphatic rings. The monoisotopic (exact) mass is 354 g/mol. The quantitative estimate of drug-likeness (QED) is 0.418. The number of hydrazone groups is 1. The van der Waals surface area contributed by atoms with E-state index in [-0.39, 0.29) is 5.91 Å². The molecule has 0 saturated carbocycles. The van der Waals surface area contributed by atoms with Crippen molar-refractivity contribution >= 4 is 12.1 Å². The largest absolute Gasteiger partial charge is 0.490 e. The average Bonchev–Trinajstić information content (AvgIpc) is 2.66.